The zero-order valence-electron chi connectivity index (χ0n) is 9.72. The van der Waals surface area contributed by atoms with Gasteiger partial charge in [0.25, 0.3) is 5.91 Å². The van der Waals surface area contributed by atoms with Crippen molar-refractivity contribution in [2.24, 2.45) is 0 Å². The zero-order valence-corrected chi connectivity index (χ0v) is 11.9. The molecule has 94 valence electrons. The number of carbonyl (C=O) groups excluding carboxylic acids is 1. The van der Waals surface area contributed by atoms with Crippen LogP contribution in [0.2, 0.25) is 0 Å². The number of benzene rings is 1. The van der Waals surface area contributed by atoms with Crippen molar-refractivity contribution in [3.05, 3.63) is 51.9 Å². The average molecular weight is 364 g/mol. The number of hydrogen-bond acceptors (Lipinski definition) is 3. The largest absolute Gasteiger partial charge is 0.307 e. The number of anilines is 1. The first-order valence-corrected chi connectivity index (χ1v) is 6.66. The summed E-state index contributed by atoms with van der Waals surface area (Å²) in [4.78, 5) is 16.2. The number of carbonyl (C=O) groups is 1. The minimum Gasteiger partial charge on any atom is -0.307 e. The molecule has 0 aliphatic carbocycles. The third-order valence-electron chi connectivity index (χ3n) is 2.67. The highest BCUT2D eigenvalue weighted by molar-refractivity contribution is 14.1. The van der Waals surface area contributed by atoms with Gasteiger partial charge < -0.3 is 5.32 Å². The molecule has 1 aromatic carbocycles. The van der Waals surface area contributed by atoms with Gasteiger partial charge in [-0.25, -0.2) is 4.98 Å². The summed E-state index contributed by atoms with van der Waals surface area (Å²) in [6.07, 6.45) is 3.42. The van der Waals surface area contributed by atoms with E-state index in [1.54, 1.807) is 30.6 Å². The molecule has 0 unspecified atom stereocenters. The van der Waals surface area contributed by atoms with Gasteiger partial charge >= 0.3 is 0 Å². The SMILES string of the molecule is O=C(Nc1ccc(I)cn1)c1ccc2cn[nH]c2c1. The van der Waals surface area contributed by atoms with Crippen molar-refractivity contribution in [3.8, 4) is 0 Å². The number of pyridine rings is 1. The zero-order chi connectivity index (χ0) is 13.2. The van der Waals surface area contributed by atoms with Gasteiger partial charge in [0.05, 0.1) is 11.7 Å². The number of fused-ring (bicyclic) bond motifs is 1. The number of rotatable bonds is 2. The van der Waals surface area contributed by atoms with Gasteiger partial charge in [-0.3, -0.25) is 9.89 Å². The Morgan fingerprint density at radius 1 is 1.21 bits per heavy atom. The van der Waals surface area contributed by atoms with Gasteiger partial charge in [-0.2, -0.15) is 5.10 Å². The lowest BCUT2D eigenvalue weighted by molar-refractivity contribution is 0.102. The van der Waals surface area contributed by atoms with Crippen LogP contribution in [-0.2, 0) is 0 Å². The first kappa shape index (κ1) is 12.1. The van der Waals surface area contributed by atoms with Crippen LogP contribution in [-0.4, -0.2) is 21.1 Å². The van der Waals surface area contributed by atoms with E-state index < -0.39 is 0 Å². The van der Waals surface area contributed by atoms with Gasteiger partial charge in [0, 0.05) is 20.7 Å². The molecule has 5 nitrogen and oxygen atoms in total. The van der Waals surface area contributed by atoms with Gasteiger partial charge in [-0.05, 0) is 46.9 Å². The Kier molecular flexibility index (Phi) is 3.16. The molecule has 0 bridgehead atoms. The predicted molar refractivity (Wildman–Crippen MR) is 81.0 cm³/mol. The molecule has 0 fully saturated rings. The highest BCUT2D eigenvalue weighted by atomic mass is 127. The molecule has 2 heterocycles. The quantitative estimate of drug-likeness (QED) is 0.687. The lowest BCUT2D eigenvalue weighted by Gasteiger charge is -2.04. The van der Waals surface area contributed by atoms with E-state index in [1.165, 1.54) is 0 Å². The summed E-state index contributed by atoms with van der Waals surface area (Å²) < 4.78 is 1.02. The lowest BCUT2D eigenvalue weighted by Crippen LogP contribution is -2.12. The van der Waals surface area contributed by atoms with E-state index in [4.69, 9.17) is 0 Å². The third-order valence-corrected chi connectivity index (χ3v) is 3.31. The second-order valence-electron chi connectivity index (χ2n) is 3.99. The summed E-state index contributed by atoms with van der Waals surface area (Å²) in [7, 11) is 0. The normalized spacial score (nSPS) is 10.6. The molecule has 0 aliphatic rings. The van der Waals surface area contributed by atoms with E-state index in [9.17, 15) is 4.79 Å². The molecule has 19 heavy (non-hydrogen) atoms. The maximum Gasteiger partial charge on any atom is 0.256 e. The fourth-order valence-corrected chi connectivity index (χ4v) is 2.04. The van der Waals surface area contributed by atoms with Crippen LogP contribution in [0, 0.1) is 3.57 Å². The molecule has 0 spiro atoms. The maximum absolute atomic E-state index is 12.1. The van der Waals surface area contributed by atoms with Crippen molar-refractivity contribution in [2.45, 2.75) is 0 Å². The topological polar surface area (TPSA) is 70.7 Å². The molecular formula is C13H9IN4O. The van der Waals surface area contributed by atoms with E-state index in [1.807, 2.05) is 12.1 Å². The summed E-state index contributed by atoms with van der Waals surface area (Å²) >= 11 is 2.16. The van der Waals surface area contributed by atoms with E-state index in [0.717, 1.165) is 14.5 Å². The van der Waals surface area contributed by atoms with Crippen LogP contribution >= 0.6 is 22.6 Å². The van der Waals surface area contributed by atoms with Crippen LogP contribution in [0.1, 0.15) is 10.4 Å². The lowest BCUT2D eigenvalue weighted by atomic mass is 10.1. The molecule has 0 saturated carbocycles. The summed E-state index contributed by atoms with van der Waals surface area (Å²) in [6.45, 7) is 0. The highest BCUT2D eigenvalue weighted by Crippen LogP contribution is 2.14. The maximum atomic E-state index is 12.1. The van der Waals surface area contributed by atoms with E-state index >= 15 is 0 Å². The molecule has 0 saturated heterocycles. The predicted octanol–water partition coefficient (Wildman–Crippen LogP) is 2.81. The fraction of sp³-hybridized carbons (Fsp3) is 0. The van der Waals surface area contributed by atoms with Crippen molar-refractivity contribution in [3.63, 3.8) is 0 Å². The monoisotopic (exact) mass is 364 g/mol. The Morgan fingerprint density at radius 2 is 2.11 bits per heavy atom. The van der Waals surface area contributed by atoms with Crippen LogP contribution in [0.3, 0.4) is 0 Å². The highest BCUT2D eigenvalue weighted by Gasteiger charge is 2.08. The molecule has 0 radical (unpaired) electrons. The number of halogens is 1. The standard InChI is InChI=1S/C13H9IN4O/c14-10-3-4-12(15-7-10)17-13(19)8-1-2-9-6-16-18-11(9)5-8/h1-7H,(H,16,18)(H,15,17,19). The van der Waals surface area contributed by atoms with E-state index in [0.29, 0.717) is 11.4 Å². The van der Waals surface area contributed by atoms with Crippen LogP contribution in [0.25, 0.3) is 10.9 Å². The van der Waals surface area contributed by atoms with Crippen LogP contribution < -0.4 is 5.32 Å². The number of aromatic nitrogens is 3. The molecular weight excluding hydrogens is 355 g/mol. The molecule has 1 amide bonds. The number of H-pyrrole nitrogens is 1. The third kappa shape index (κ3) is 2.58. The summed E-state index contributed by atoms with van der Waals surface area (Å²) in [6, 6.07) is 9.05. The summed E-state index contributed by atoms with van der Waals surface area (Å²) in [5.41, 5.74) is 1.40. The first-order chi connectivity index (χ1) is 9.22. The Balaban J connectivity index is 1.84. The molecule has 2 N–H and O–H groups in total. The van der Waals surface area contributed by atoms with Crippen molar-refractivity contribution < 1.29 is 4.79 Å². The van der Waals surface area contributed by atoms with Crippen molar-refractivity contribution in [2.75, 3.05) is 5.32 Å². The Morgan fingerprint density at radius 3 is 2.89 bits per heavy atom. The van der Waals surface area contributed by atoms with Crippen molar-refractivity contribution in [1.82, 2.24) is 15.2 Å². The Hall–Kier alpha value is -1.96. The molecule has 3 aromatic rings. The van der Waals surface area contributed by atoms with Crippen LogP contribution in [0.5, 0.6) is 0 Å². The second-order valence-corrected chi connectivity index (χ2v) is 5.23. The smallest absolute Gasteiger partial charge is 0.256 e. The fourth-order valence-electron chi connectivity index (χ4n) is 1.72. The number of nitrogens with zero attached hydrogens (tertiary/aromatic N) is 2. The van der Waals surface area contributed by atoms with Gasteiger partial charge in [-0.1, -0.05) is 6.07 Å². The van der Waals surface area contributed by atoms with Crippen LogP contribution in [0.4, 0.5) is 5.82 Å². The Labute approximate surface area is 122 Å². The first-order valence-electron chi connectivity index (χ1n) is 5.58. The molecule has 0 aliphatic heterocycles. The molecule has 2 aromatic heterocycles. The second kappa shape index (κ2) is 4.96. The molecule has 0 atom stereocenters. The number of amides is 1. The van der Waals surface area contributed by atoms with Gasteiger partial charge in [0.15, 0.2) is 0 Å². The van der Waals surface area contributed by atoms with Crippen molar-refractivity contribution >= 4 is 45.2 Å². The van der Waals surface area contributed by atoms with E-state index in [-0.39, 0.29) is 5.91 Å². The number of hydrogen-bond donors (Lipinski definition) is 2. The average Bonchev–Trinajstić information content (AvgIpc) is 2.88. The molecule has 6 heteroatoms. The van der Waals surface area contributed by atoms with Gasteiger partial charge in [-0.15, -0.1) is 0 Å². The number of nitrogens with one attached hydrogen (secondary N) is 2. The van der Waals surface area contributed by atoms with Crippen molar-refractivity contribution in [1.29, 1.82) is 0 Å². The van der Waals surface area contributed by atoms with Crippen LogP contribution in [0.15, 0.2) is 42.7 Å². The summed E-state index contributed by atoms with van der Waals surface area (Å²) in [5.74, 6) is 0.348. The molecule has 3 rings (SSSR count). The number of aromatic amines is 1. The van der Waals surface area contributed by atoms with Gasteiger partial charge in [0.2, 0.25) is 0 Å². The van der Waals surface area contributed by atoms with E-state index in [2.05, 4.69) is 43.1 Å². The van der Waals surface area contributed by atoms with Gasteiger partial charge in [0.1, 0.15) is 5.82 Å². The summed E-state index contributed by atoms with van der Waals surface area (Å²) in [5, 5.41) is 10.5. The Bertz CT molecular complexity index is 736. The minimum atomic E-state index is -0.190. The minimum absolute atomic E-state index is 0.190.